The zero-order valence-electron chi connectivity index (χ0n) is 20.0. The molecule has 1 N–H and O–H groups in total. The normalized spacial score (nSPS) is 15.2. The van der Waals surface area contributed by atoms with E-state index in [2.05, 4.69) is 12.2 Å². The molecule has 0 unspecified atom stereocenters. The molecule has 2 aromatic rings. The van der Waals surface area contributed by atoms with Crippen LogP contribution in [0.5, 0.6) is 11.5 Å². The molecular formula is C25H34N2O6. The number of nitrogens with zero attached hydrogens (tertiary/aromatic N) is 1. The van der Waals surface area contributed by atoms with Crippen LogP contribution in [-0.4, -0.2) is 42.8 Å². The zero-order chi connectivity index (χ0) is 24.0. The summed E-state index contributed by atoms with van der Waals surface area (Å²) in [6.45, 7) is 2.62. The Hall–Kier alpha value is -3.03. The van der Waals surface area contributed by atoms with Gasteiger partial charge in [-0.3, -0.25) is 9.59 Å². The van der Waals surface area contributed by atoms with Crippen LogP contribution in [0.15, 0.2) is 23.0 Å². The topological polar surface area (TPSA) is 95.9 Å². The van der Waals surface area contributed by atoms with E-state index >= 15 is 0 Å². The average molecular weight is 459 g/mol. The summed E-state index contributed by atoms with van der Waals surface area (Å²) in [6.07, 6.45) is 6.60. The highest BCUT2D eigenvalue weighted by atomic mass is 16.5. The van der Waals surface area contributed by atoms with Crippen molar-refractivity contribution in [1.29, 1.82) is 0 Å². The summed E-state index contributed by atoms with van der Waals surface area (Å²) in [5.74, 6) is -0.0410. The van der Waals surface area contributed by atoms with Crippen LogP contribution in [0.3, 0.4) is 0 Å². The van der Waals surface area contributed by atoms with Crippen molar-refractivity contribution in [2.24, 2.45) is 7.05 Å². The molecule has 0 spiro atoms. The highest BCUT2D eigenvalue weighted by Gasteiger charge is 2.42. The number of hydrogen-bond donors (Lipinski definition) is 1. The first-order valence-corrected chi connectivity index (χ1v) is 11.6. The molecule has 1 aromatic heterocycles. The maximum absolute atomic E-state index is 13.2. The van der Waals surface area contributed by atoms with E-state index in [4.69, 9.17) is 14.2 Å². The van der Waals surface area contributed by atoms with Gasteiger partial charge in [-0.25, -0.2) is 4.79 Å². The Balaban J connectivity index is 2.01. The van der Waals surface area contributed by atoms with Crippen molar-refractivity contribution in [3.63, 3.8) is 0 Å². The molecule has 0 atom stereocenters. The lowest BCUT2D eigenvalue weighted by Gasteiger charge is -2.35. The zero-order valence-corrected chi connectivity index (χ0v) is 20.0. The third-order valence-corrected chi connectivity index (χ3v) is 6.39. The van der Waals surface area contributed by atoms with Gasteiger partial charge in [0, 0.05) is 12.4 Å². The van der Waals surface area contributed by atoms with Gasteiger partial charge < -0.3 is 24.1 Å². The van der Waals surface area contributed by atoms with Gasteiger partial charge in [0.25, 0.3) is 11.5 Å². The van der Waals surface area contributed by atoms with Gasteiger partial charge in [0.1, 0.15) is 11.1 Å². The molecule has 0 aliphatic heterocycles. The van der Waals surface area contributed by atoms with Crippen molar-refractivity contribution in [2.45, 2.75) is 63.8 Å². The summed E-state index contributed by atoms with van der Waals surface area (Å²) in [7, 11) is 4.47. The van der Waals surface area contributed by atoms with Gasteiger partial charge in [0.2, 0.25) is 0 Å². The van der Waals surface area contributed by atoms with E-state index in [1.807, 2.05) is 0 Å². The van der Waals surface area contributed by atoms with Crippen molar-refractivity contribution >= 4 is 22.8 Å². The molecule has 0 saturated heterocycles. The number of nitrogens with one attached hydrogen (secondary N) is 1. The summed E-state index contributed by atoms with van der Waals surface area (Å²) in [4.78, 5) is 39.0. The number of aromatic nitrogens is 1. The maximum atomic E-state index is 13.2. The number of rotatable bonds is 9. The quantitative estimate of drug-likeness (QED) is 0.455. The Morgan fingerprint density at radius 2 is 1.85 bits per heavy atom. The van der Waals surface area contributed by atoms with Gasteiger partial charge in [0.15, 0.2) is 11.5 Å². The molecule has 0 radical (unpaired) electrons. The Morgan fingerprint density at radius 3 is 2.48 bits per heavy atom. The SMILES string of the molecule is CCCCCOc1c(OC)ccc2cc(C(=O)NC3(C(=O)OC)CCCCC3)c(=O)n(C)c12. The molecule has 0 bridgehead atoms. The van der Waals surface area contributed by atoms with Crippen LogP contribution in [0.2, 0.25) is 0 Å². The number of aryl methyl sites for hydroxylation is 1. The predicted octanol–water partition coefficient (Wildman–Crippen LogP) is 3.72. The number of hydrogen-bond acceptors (Lipinski definition) is 6. The minimum absolute atomic E-state index is 0.0269. The number of unbranched alkanes of at least 4 members (excludes halogenated alkanes) is 2. The first kappa shape index (κ1) is 24.6. The van der Waals surface area contributed by atoms with Crippen LogP contribution in [0.25, 0.3) is 10.9 Å². The fourth-order valence-electron chi connectivity index (χ4n) is 4.53. The molecular weight excluding hydrogens is 424 g/mol. The van der Waals surface area contributed by atoms with Crippen molar-refractivity contribution in [3.8, 4) is 11.5 Å². The second kappa shape index (κ2) is 10.7. The van der Waals surface area contributed by atoms with Gasteiger partial charge in [0.05, 0.1) is 26.3 Å². The number of fused-ring (bicyclic) bond motifs is 1. The number of esters is 1. The first-order valence-electron chi connectivity index (χ1n) is 11.6. The number of amides is 1. The lowest BCUT2D eigenvalue weighted by Crippen LogP contribution is -2.56. The highest BCUT2D eigenvalue weighted by Crippen LogP contribution is 2.35. The number of ether oxygens (including phenoxy) is 3. The average Bonchev–Trinajstić information content (AvgIpc) is 2.83. The summed E-state index contributed by atoms with van der Waals surface area (Å²) in [5.41, 5.74) is -1.03. The minimum atomic E-state index is -1.10. The van der Waals surface area contributed by atoms with E-state index in [9.17, 15) is 14.4 Å². The molecule has 1 amide bonds. The fraction of sp³-hybridized carbons (Fsp3) is 0.560. The first-order chi connectivity index (χ1) is 15.9. The van der Waals surface area contributed by atoms with Crippen molar-refractivity contribution in [1.82, 2.24) is 9.88 Å². The van der Waals surface area contributed by atoms with Gasteiger partial charge in [-0.05, 0) is 37.5 Å². The lowest BCUT2D eigenvalue weighted by atomic mass is 9.81. The third-order valence-electron chi connectivity index (χ3n) is 6.39. The Bertz CT molecular complexity index is 1070. The van der Waals surface area contributed by atoms with Gasteiger partial charge in [-0.2, -0.15) is 0 Å². The summed E-state index contributed by atoms with van der Waals surface area (Å²) in [6, 6.07) is 5.11. The Labute approximate surface area is 194 Å². The molecule has 1 aliphatic rings. The lowest BCUT2D eigenvalue weighted by molar-refractivity contribution is -0.149. The number of methoxy groups -OCH3 is 2. The van der Waals surface area contributed by atoms with Crippen molar-refractivity contribution < 1.29 is 23.8 Å². The van der Waals surface area contributed by atoms with Crippen LogP contribution in [-0.2, 0) is 16.6 Å². The van der Waals surface area contributed by atoms with Crippen LogP contribution < -0.4 is 20.3 Å². The Kier molecular flexibility index (Phi) is 8.00. The van der Waals surface area contributed by atoms with Gasteiger partial charge in [-0.15, -0.1) is 0 Å². The molecule has 1 fully saturated rings. The summed E-state index contributed by atoms with van der Waals surface area (Å²) < 4.78 is 17.9. The van der Waals surface area contributed by atoms with E-state index in [1.54, 1.807) is 32.4 Å². The second-order valence-electron chi connectivity index (χ2n) is 8.60. The summed E-state index contributed by atoms with van der Waals surface area (Å²) >= 11 is 0. The number of carbonyl (C=O) groups is 2. The minimum Gasteiger partial charge on any atom is -0.493 e. The molecule has 8 nitrogen and oxygen atoms in total. The molecule has 1 heterocycles. The molecule has 3 rings (SSSR count). The highest BCUT2D eigenvalue weighted by molar-refractivity contribution is 6.01. The van der Waals surface area contributed by atoms with Crippen LogP contribution in [0.1, 0.15) is 68.6 Å². The van der Waals surface area contributed by atoms with E-state index < -0.39 is 23.0 Å². The number of pyridine rings is 1. The predicted molar refractivity (Wildman–Crippen MR) is 126 cm³/mol. The standard InChI is InChI=1S/C25H34N2O6/c1-5-6-10-15-33-21-19(31-3)12-11-17-16-18(23(29)27(2)20(17)21)22(28)26-25(24(30)32-4)13-8-7-9-14-25/h11-12,16H,5-10,13-15H2,1-4H3,(H,26,28). The summed E-state index contributed by atoms with van der Waals surface area (Å²) in [5, 5.41) is 3.51. The number of carbonyl (C=O) groups excluding carboxylic acids is 2. The molecule has 8 heteroatoms. The van der Waals surface area contributed by atoms with E-state index in [-0.39, 0.29) is 5.56 Å². The van der Waals surface area contributed by atoms with Gasteiger partial charge >= 0.3 is 5.97 Å². The van der Waals surface area contributed by atoms with E-state index in [0.29, 0.717) is 41.9 Å². The Morgan fingerprint density at radius 1 is 1.12 bits per heavy atom. The third kappa shape index (κ3) is 4.99. The van der Waals surface area contributed by atoms with Crippen LogP contribution in [0.4, 0.5) is 0 Å². The molecule has 180 valence electrons. The smallest absolute Gasteiger partial charge is 0.331 e. The van der Waals surface area contributed by atoms with Gasteiger partial charge in [-0.1, -0.05) is 39.0 Å². The molecule has 33 heavy (non-hydrogen) atoms. The maximum Gasteiger partial charge on any atom is 0.331 e. The largest absolute Gasteiger partial charge is 0.493 e. The molecule has 1 aromatic carbocycles. The monoisotopic (exact) mass is 458 g/mol. The van der Waals surface area contributed by atoms with E-state index in [1.165, 1.54) is 11.7 Å². The van der Waals surface area contributed by atoms with Crippen molar-refractivity contribution in [3.05, 3.63) is 34.1 Å². The van der Waals surface area contributed by atoms with Crippen LogP contribution >= 0.6 is 0 Å². The number of benzene rings is 1. The molecule has 1 aliphatic carbocycles. The molecule has 1 saturated carbocycles. The van der Waals surface area contributed by atoms with Crippen molar-refractivity contribution in [2.75, 3.05) is 20.8 Å². The van der Waals surface area contributed by atoms with E-state index in [0.717, 1.165) is 38.5 Å². The second-order valence-corrected chi connectivity index (χ2v) is 8.60. The van der Waals surface area contributed by atoms with Crippen LogP contribution in [0, 0.1) is 0 Å². The fourth-order valence-corrected chi connectivity index (χ4v) is 4.53.